The molecule has 3 aromatic rings. The van der Waals surface area contributed by atoms with E-state index in [1.807, 2.05) is 0 Å². The second-order valence-electron chi connectivity index (χ2n) is 9.57. The molecule has 5 rings (SSSR count). The van der Waals surface area contributed by atoms with E-state index in [-0.39, 0.29) is 18.0 Å². The maximum atomic E-state index is 14.6. The van der Waals surface area contributed by atoms with E-state index in [0.717, 1.165) is 5.01 Å². The Morgan fingerprint density at radius 1 is 1.17 bits per heavy atom. The molecular weight excluding hydrogens is 582 g/mol. The van der Waals surface area contributed by atoms with Crippen molar-refractivity contribution in [3.8, 4) is 11.5 Å². The first-order chi connectivity index (χ1) is 19.4. The number of anilines is 1. The third kappa shape index (κ3) is 4.61. The van der Waals surface area contributed by atoms with Gasteiger partial charge in [0.1, 0.15) is 11.5 Å². The topological polar surface area (TPSA) is 91.8 Å². The Balaban J connectivity index is 1.71. The number of amides is 2. The van der Waals surface area contributed by atoms with Gasteiger partial charge in [-0.3, -0.25) is 15.0 Å². The van der Waals surface area contributed by atoms with Gasteiger partial charge in [-0.15, -0.1) is 0 Å². The number of benzene rings is 2. The van der Waals surface area contributed by atoms with Crippen molar-refractivity contribution in [2.45, 2.75) is 23.9 Å². The quantitative estimate of drug-likeness (QED) is 0.306. The number of aromatic nitrogens is 1. The van der Waals surface area contributed by atoms with E-state index in [9.17, 15) is 27.9 Å². The number of aromatic hydroxyl groups is 1. The molecule has 2 aromatic carbocycles. The van der Waals surface area contributed by atoms with Crippen LogP contribution < -0.4 is 10.2 Å². The van der Waals surface area contributed by atoms with E-state index in [2.05, 4.69) is 17.0 Å². The number of ether oxygens (including phenoxy) is 1. The molecule has 3 atom stereocenters. The minimum absolute atomic E-state index is 0.127. The van der Waals surface area contributed by atoms with Gasteiger partial charge < -0.3 is 9.84 Å². The van der Waals surface area contributed by atoms with Gasteiger partial charge in [-0.25, -0.2) is 4.98 Å². The van der Waals surface area contributed by atoms with Crippen LogP contribution in [0.4, 0.5) is 19.0 Å². The van der Waals surface area contributed by atoms with Crippen LogP contribution in [0.1, 0.15) is 29.0 Å². The number of alkyl halides is 3. The van der Waals surface area contributed by atoms with Gasteiger partial charge in [0, 0.05) is 22.7 Å². The standard InChI is InChI=1S/C29H22Cl2F3N3O4/c1-3-15-4-10-21-26(39)37(36-25-22(31)12-17(14-35-25)29(32,33)34)27(40)28(21,16-5-7-18(30)8-6-16)24(15)20-13-19(41-2)9-11-23(20)38/h3-9,11-14,21,24,38H,1,10H2,2H3,(H,35,36). The number of nitrogens with zero attached hydrogens (tertiary/aromatic N) is 2. The lowest BCUT2D eigenvalue weighted by molar-refractivity contribution is -0.139. The van der Waals surface area contributed by atoms with Gasteiger partial charge in [-0.05, 0) is 54.0 Å². The average Bonchev–Trinajstić information content (AvgIpc) is 3.16. The monoisotopic (exact) mass is 603 g/mol. The summed E-state index contributed by atoms with van der Waals surface area (Å²) in [6.07, 6.45) is -0.689. The molecule has 212 valence electrons. The Kier molecular flexibility index (Phi) is 7.25. The molecule has 0 radical (unpaired) electrons. The number of carbonyl (C=O) groups excluding carboxylic acids is 2. The number of hydrogen-bond acceptors (Lipinski definition) is 6. The fraction of sp³-hybridized carbons (Fsp3) is 0.207. The molecule has 41 heavy (non-hydrogen) atoms. The van der Waals surface area contributed by atoms with Gasteiger partial charge in [0.2, 0.25) is 0 Å². The van der Waals surface area contributed by atoms with Crippen LogP contribution in [0.15, 0.2) is 79.0 Å². The number of pyridine rings is 1. The first kappa shape index (κ1) is 28.5. The van der Waals surface area contributed by atoms with Crippen molar-refractivity contribution in [1.29, 1.82) is 0 Å². The first-order valence-corrected chi connectivity index (χ1v) is 13.0. The Labute approximate surface area is 242 Å². The molecule has 7 nitrogen and oxygen atoms in total. The number of hydrazine groups is 1. The number of imide groups is 1. The number of halogens is 5. The Hall–Kier alpha value is -4.02. The SMILES string of the molecule is C=CC1=CCC2C(=O)N(Nc3ncc(C(F)(F)F)cc3Cl)C(=O)C2(c2ccc(Cl)cc2)C1c1cc(OC)ccc1O. The lowest BCUT2D eigenvalue weighted by Gasteiger charge is -2.43. The Bertz CT molecular complexity index is 1590. The number of allylic oxidation sites excluding steroid dienone is 3. The van der Waals surface area contributed by atoms with Crippen LogP contribution in [-0.4, -0.2) is 34.0 Å². The molecule has 1 aromatic heterocycles. The minimum Gasteiger partial charge on any atom is -0.508 e. The minimum atomic E-state index is -4.69. The number of rotatable bonds is 6. The van der Waals surface area contributed by atoms with Gasteiger partial charge in [0.15, 0.2) is 5.82 Å². The Morgan fingerprint density at radius 2 is 1.88 bits per heavy atom. The normalized spacial score (nSPS) is 22.3. The van der Waals surface area contributed by atoms with Crippen molar-refractivity contribution in [3.63, 3.8) is 0 Å². The fourth-order valence-corrected chi connectivity index (χ4v) is 5.99. The highest BCUT2D eigenvalue weighted by Crippen LogP contribution is 2.59. The molecule has 2 amide bonds. The fourth-order valence-electron chi connectivity index (χ4n) is 5.65. The van der Waals surface area contributed by atoms with Crippen LogP contribution in [0, 0.1) is 5.92 Å². The van der Waals surface area contributed by atoms with E-state index in [1.165, 1.54) is 13.2 Å². The summed E-state index contributed by atoms with van der Waals surface area (Å²) < 4.78 is 44.9. The molecule has 0 bridgehead atoms. The zero-order chi connectivity index (χ0) is 29.7. The van der Waals surface area contributed by atoms with Crippen molar-refractivity contribution in [2.24, 2.45) is 5.92 Å². The van der Waals surface area contributed by atoms with Gasteiger partial charge in [0.25, 0.3) is 11.8 Å². The second kappa shape index (κ2) is 10.4. The summed E-state index contributed by atoms with van der Waals surface area (Å²) >= 11 is 12.3. The second-order valence-corrected chi connectivity index (χ2v) is 10.4. The number of methoxy groups -OCH3 is 1. The van der Waals surface area contributed by atoms with Crippen molar-refractivity contribution in [2.75, 3.05) is 12.5 Å². The van der Waals surface area contributed by atoms with E-state index < -0.39 is 45.8 Å². The molecule has 1 aliphatic heterocycles. The molecule has 1 fully saturated rings. The molecule has 1 aliphatic carbocycles. The summed E-state index contributed by atoms with van der Waals surface area (Å²) in [5, 5.41) is 11.7. The zero-order valence-electron chi connectivity index (χ0n) is 21.4. The average molecular weight is 604 g/mol. The van der Waals surface area contributed by atoms with Gasteiger partial charge in [-0.1, -0.05) is 54.1 Å². The highest BCUT2D eigenvalue weighted by atomic mass is 35.5. The van der Waals surface area contributed by atoms with E-state index in [0.29, 0.717) is 39.7 Å². The summed E-state index contributed by atoms with van der Waals surface area (Å²) in [7, 11) is 1.45. The third-order valence-corrected chi connectivity index (χ3v) is 8.03. The van der Waals surface area contributed by atoms with Crippen LogP contribution in [-0.2, 0) is 21.2 Å². The summed E-state index contributed by atoms with van der Waals surface area (Å²) in [6, 6.07) is 11.6. The van der Waals surface area contributed by atoms with Crippen molar-refractivity contribution in [3.05, 3.63) is 106 Å². The molecule has 2 aliphatic rings. The van der Waals surface area contributed by atoms with Crippen molar-refractivity contribution >= 4 is 40.8 Å². The lowest BCUT2D eigenvalue weighted by atomic mass is 9.56. The number of hydrogen-bond donors (Lipinski definition) is 2. The van der Waals surface area contributed by atoms with Crippen molar-refractivity contribution < 1.29 is 32.6 Å². The predicted molar refractivity (Wildman–Crippen MR) is 147 cm³/mol. The summed E-state index contributed by atoms with van der Waals surface area (Å²) in [6.45, 7) is 3.91. The number of phenolic OH excluding ortho intramolecular Hbond substituents is 1. The largest absolute Gasteiger partial charge is 0.508 e. The summed E-state index contributed by atoms with van der Waals surface area (Å²) in [5.74, 6) is -3.35. The molecule has 2 N–H and O–H groups in total. The zero-order valence-corrected chi connectivity index (χ0v) is 22.9. The van der Waals surface area contributed by atoms with E-state index >= 15 is 0 Å². The number of phenols is 1. The van der Waals surface area contributed by atoms with Crippen LogP contribution in [0.25, 0.3) is 0 Å². The van der Waals surface area contributed by atoms with Gasteiger partial charge in [0.05, 0.1) is 29.0 Å². The van der Waals surface area contributed by atoms with Gasteiger partial charge in [-0.2, -0.15) is 18.2 Å². The molecule has 0 spiro atoms. The number of nitrogens with one attached hydrogen (secondary N) is 1. The highest BCUT2D eigenvalue weighted by Gasteiger charge is 2.66. The molecule has 2 heterocycles. The summed E-state index contributed by atoms with van der Waals surface area (Å²) in [5.41, 5.74) is 1.15. The van der Waals surface area contributed by atoms with Crippen LogP contribution in [0.3, 0.4) is 0 Å². The third-order valence-electron chi connectivity index (χ3n) is 7.49. The van der Waals surface area contributed by atoms with E-state index in [4.69, 9.17) is 27.9 Å². The van der Waals surface area contributed by atoms with E-state index in [1.54, 1.807) is 48.6 Å². The Morgan fingerprint density at radius 3 is 2.49 bits per heavy atom. The highest BCUT2D eigenvalue weighted by molar-refractivity contribution is 6.33. The lowest BCUT2D eigenvalue weighted by Crippen LogP contribution is -2.48. The molecular formula is C29H22Cl2F3N3O4. The maximum Gasteiger partial charge on any atom is 0.417 e. The summed E-state index contributed by atoms with van der Waals surface area (Å²) in [4.78, 5) is 32.3. The molecule has 3 unspecified atom stereocenters. The predicted octanol–water partition coefficient (Wildman–Crippen LogP) is 6.67. The number of carbonyl (C=O) groups is 2. The molecule has 1 saturated heterocycles. The molecule has 0 saturated carbocycles. The van der Waals surface area contributed by atoms with Crippen molar-refractivity contribution in [1.82, 2.24) is 9.99 Å². The van der Waals surface area contributed by atoms with Crippen LogP contribution in [0.5, 0.6) is 11.5 Å². The van der Waals surface area contributed by atoms with Crippen LogP contribution in [0.2, 0.25) is 10.0 Å². The first-order valence-electron chi connectivity index (χ1n) is 12.3. The van der Waals surface area contributed by atoms with Gasteiger partial charge >= 0.3 is 6.18 Å². The van der Waals surface area contributed by atoms with Crippen LogP contribution >= 0.6 is 23.2 Å². The number of fused-ring (bicyclic) bond motifs is 1. The smallest absolute Gasteiger partial charge is 0.417 e. The maximum absolute atomic E-state index is 14.6. The molecule has 12 heteroatoms.